The molecular weight excluding hydrogens is 260 g/mol. The van der Waals surface area contributed by atoms with Crippen molar-refractivity contribution in [2.75, 3.05) is 0 Å². The highest BCUT2D eigenvalue weighted by atomic mass is 35.5. The highest BCUT2D eigenvalue weighted by molar-refractivity contribution is 6.30. The first kappa shape index (κ1) is 12.9. The van der Waals surface area contributed by atoms with E-state index in [0.29, 0.717) is 23.5 Å². The van der Waals surface area contributed by atoms with Gasteiger partial charge in [-0.2, -0.15) is 0 Å². The number of benzene rings is 1. The number of halogens is 1. The standard InChI is InChI=1S/C15H19ClN2O/c16-11-3-1-2-10(6-11)7-15(19)18-13-4-5-14(18)9-12(17)8-13/h1-3,6,12-14H,4-5,7-9,17H2. The van der Waals surface area contributed by atoms with E-state index in [9.17, 15) is 4.79 Å². The lowest BCUT2D eigenvalue weighted by Crippen LogP contribution is -2.50. The van der Waals surface area contributed by atoms with Crippen LogP contribution in [0, 0.1) is 0 Å². The molecule has 0 saturated carbocycles. The van der Waals surface area contributed by atoms with Crippen LogP contribution in [0.4, 0.5) is 0 Å². The Morgan fingerprint density at radius 2 is 2.00 bits per heavy atom. The molecule has 2 N–H and O–H groups in total. The number of carbonyl (C=O) groups is 1. The van der Waals surface area contributed by atoms with Gasteiger partial charge in [0.25, 0.3) is 0 Å². The first-order valence-corrected chi connectivity index (χ1v) is 7.32. The average molecular weight is 279 g/mol. The first-order valence-electron chi connectivity index (χ1n) is 6.94. The summed E-state index contributed by atoms with van der Waals surface area (Å²) in [5.74, 6) is 0.224. The normalized spacial score (nSPS) is 29.6. The van der Waals surface area contributed by atoms with Crippen LogP contribution in [0.5, 0.6) is 0 Å². The summed E-state index contributed by atoms with van der Waals surface area (Å²) in [6.07, 6.45) is 4.58. The highest BCUT2D eigenvalue weighted by Crippen LogP contribution is 2.35. The van der Waals surface area contributed by atoms with Crippen LogP contribution >= 0.6 is 11.6 Å². The van der Waals surface area contributed by atoms with Crippen molar-refractivity contribution >= 4 is 17.5 Å². The molecule has 2 saturated heterocycles. The van der Waals surface area contributed by atoms with Gasteiger partial charge >= 0.3 is 0 Å². The van der Waals surface area contributed by atoms with Crippen molar-refractivity contribution in [3.05, 3.63) is 34.9 Å². The van der Waals surface area contributed by atoms with E-state index in [-0.39, 0.29) is 11.9 Å². The largest absolute Gasteiger partial charge is 0.336 e. The smallest absolute Gasteiger partial charge is 0.227 e. The van der Waals surface area contributed by atoms with Crippen LogP contribution in [0.15, 0.2) is 24.3 Å². The molecule has 0 aliphatic carbocycles. The lowest BCUT2D eigenvalue weighted by Gasteiger charge is -2.37. The van der Waals surface area contributed by atoms with Gasteiger partial charge in [0, 0.05) is 23.1 Å². The van der Waals surface area contributed by atoms with E-state index in [4.69, 9.17) is 17.3 Å². The van der Waals surface area contributed by atoms with E-state index >= 15 is 0 Å². The Morgan fingerprint density at radius 1 is 1.32 bits per heavy atom. The number of hydrogen-bond acceptors (Lipinski definition) is 2. The molecule has 19 heavy (non-hydrogen) atoms. The summed E-state index contributed by atoms with van der Waals surface area (Å²) in [6.45, 7) is 0. The van der Waals surface area contributed by atoms with Crippen LogP contribution in [0.1, 0.15) is 31.2 Å². The molecule has 2 aliphatic heterocycles. The van der Waals surface area contributed by atoms with Gasteiger partial charge in [0.15, 0.2) is 0 Å². The number of carbonyl (C=O) groups excluding carboxylic acids is 1. The number of nitrogens with zero attached hydrogens (tertiary/aromatic N) is 1. The highest BCUT2D eigenvalue weighted by Gasteiger charge is 2.41. The molecule has 1 aromatic rings. The summed E-state index contributed by atoms with van der Waals surface area (Å²) in [4.78, 5) is 14.6. The fraction of sp³-hybridized carbons (Fsp3) is 0.533. The van der Waals surface area contributed by atoms with Crippen molar-refractivity contribution in [1.29, 1.82) is 0 Å². The van der Waals surface area contributed by atoms with Gasteiger partial charge in [0.05, 0.1) is 6.42 Å². The average Bonchev–Trinajstić information content (AvgIpc) is 2.62. The number of hydrogen-bond donors (Lipinski definition) is 1. The second kappa shape index (κ2) is 5.14. The maximum atomic E-state index is 12.5. The van der Waals surface area contributed by atoms with Crippen molar-refractivity contribution in [2.45, 2.75) is 50.2 Å². The van der Waals surface area contributed by atoms with Crippen molar-refractivity contribution in [1.82, 2.24) is 4.90 Å². The summed E-state index contributed by atoms with van der Waals surface area (Å²) < 4.78 is 0. The first-order chi connectivity index (χ1) is 9.13. The van der Waals surface area contributed by atoms with Gasteiger partial charge in [0.2, 0.25) is 5.91 Å². The molecule has 2 bridgehead atoms. The predicted molar refractivity (Wildman–Crippen MR) is 76.0 cm³/mol. The second-order valence-electron chi connectivity index (χ2n) is 5.72. The topological polar surface area (TPSA) is 46.3 Å². The van der Waals surface area contributed by atoms with E-state index < -0.39 is 0 Å². The van der Waals surface area contributed by atoms with Crippen LogP contribution < -0.4 is 5.73 Å². The summed E-state index contributed by atoms with van der Waals surface area (Å²) in [7, 11) is 0. The molecule has 0 radical (unpaired) electrons. The predicted octanol–water partition coefficient (Wildman–Crippen LogP) is 2.36. The Kier molecular flexibility index (Phi) is 3.50. The third-order valence-electron chi connectivity index (χ3n) is 4.30. The Hall–Kier alpha value is -1.06. The second-order valence-corrected chi connectivity index (χ2v) is 6.16. The maximum Gasteiger partial charge on any atom is 0.227 e. The molecule has 0 spiro atoms. The van der Waals surface area contributed by atoms with Crippen molar-refractivity contribution < 1.29 is 4.79 Å². The molecule has 1 aromatic carbocycles. The molecular formula is C15H19ClN2O. The Labute approximate surface area is 118 Å². The Balaban J connectivity index is 1.71. The summed E-state index contributed by atoms with van der Waals surface area (Å²) in [6, 6.07) is 8.55. The quantitative estimate of drug-likeness (QED) is 0.903. The molecule has 102 valence electrons. The zero-order valence-corrected chi connectivity index (χ0v) is 11.6. The number of rotatable bonds is 2. The molecule has 2 atom stereocenters. The van der Waals surface area contributed by atoms with Gasteiger partial charge in [0.1, 0.15) is 0 Å². The van der Waals surface area contributed by atoms with E-state index in [1.807, 2.05) is 24.3 Å². The molecule has 2 aliphatic rings. The molecule has 3 rings (SSSR count). The summed E-state index contributed by atoms with van der Waals surface area (Å²) >= 11 is 5.96. The van der Waals surface area contributed by atoms with Crippen LogP contribution in [-0.2, 0) is 11.2 Å². The number of piperidine rings is 1. The third-order valence-corrected chi connectivity index (χ3v) is 4.54. The van der Waals surface area contributed by atoms with Gasteiger partial charge < -0.3 is 10.6 Å². The van der Waals surface area contributed by atoms with E-state index in [1.165, 1.54) is 0 Å². The number of amides is 1. The van der Waals surface area contributed by atoms with Crippen LogP contribution in [0.2, 0.25) is 5.02 Å². The molecule has 1 amide bonds. The van der Waals surface area contributed by atoms with Crippen LogP contribution in [0.3, 0.4) is 0 Å². The third kappa shape index (κ3) is 2.63. The molecule has 3 nitrogen and oxygen atoms in total. The fourth-order valence-electron chi connectivity index (χ4n) is 3.54. The van der Waals surface area contributed by atoms with Crippen molar-refractivity contribution in [3.63, 3.8) is 0 Å². The maximum absolute atomic E-state index is 12.5. The summed E-state index contributed by atoms with van der Waals surface area (Å²) in [5.41, 5.74) is 7.03. The Morgan fingerprint density at radius 3 is 2.63 bits per heavy atom. The van der Waals surface area contributed by atoms with E-state index in [1.54, 1.807) is 0 Å². The molecule has 2 fully saturated rings. The SMILES string of the molecule is NC1CC2CCC(C1)N2C(=O)Cc1cccc(Cl)c1. The summed E-state index contributed by atoms with van der Waals surface area (Å²) in [5, 5.41) is 0.689. The minimum atomic E-state index is 0.224. The van der Waals surface area contributed by atoms with Gasteiger partial charge in [-0.1, -0.05) is 23.7 Å². The van der Waals surface area contributed by atoms with Gasteiger partial charge in [-0.3, -0.25) is 4.79 Å². The van der Waals surface area contributed by atoms with Gasteiger partial charge in [-0.05, 0) is 43.4 Å². The molecule has 2 heterocycles. The lowest BCUT2D eigenvalue weighted by atomic mass is 9.97. The molecule has 0 aromatic heterocycles. The van der Waals surface area contributed by atoms with E-state index in [0.717, 1.165) is 31.2 Å². The fourth-order valence-corrected chi connectivity index (χ4v) is 3.75. The van der Waals surface area contributed by atoms with Gasteiger partial charge in [-0.15, -0.1) is 0 Å². The molecule has 2 unspecified atom stereocenters. The van der Waals surface area contributed by atoms with E-state index in [2.05, 4.69) is 4.90 Å². The molecule has 4 heteroatoms. The van der Waals surface area contributed by atoms with Crippen molar-refractivity contribution in [2.24, 2.45) is 5.73 Å². The monoisotopic (exact) mass is 278 g/mol. The minimum absolute atomic E-state index is 0.224. The van der Waals surface area contributed by atoms with Gasteiger partial charge in [-0.25, -0.2) is 0 Å². The zero-order valence-electron chi connectivity index (χ0n) is 10.9. The zero-order chi connectivity index (χ0) is 13.4. The number of fused-ring (bicyclic) bond motifs is 2. The minimum Gasteiger partial charge on any atom is -0.336 e. The van der Waals surface area contributed by atoms with Crippen LogP contribution in [0.25, 0.3) is 0 Å². The van der Waals surface area contributed by atoms with Crippen LogP contribution in [-0.4, -0.2) is 28.9 Å². The Bertz CT molecular complexity index is 477. The number of nitrogens with two attached hydrogens (primary N) is 1. The lowest BCUT2D eigenvalue weighted by molar-refractivity contribution is -0.135. The van der Waals surface area contributed by atoms with Crippen molar-refractivity contribution in [3.8, 4) is 0 Å².